The van der Waals surface area contributed by atoms with E-state index in [1.807, 2.05) is 58.6 Å². The molecule has 1 unspecified atom stereocenters. The largest absolute Gasteiger partial charge is 0.480 e. The number of halogens is 2. The number of carbonyl (C=O) groups excluding carboxylic acids is 1. The summed E-state index contributed by atoms with van der Waals surface area (Å²) in [5, 5.41) is 16.3. The lowest BCUT2D eigenvalue weighted by Gasteiger charge is -2.31. The Hall–Kier alpha value is -3.40. The van der Waals surface area contributed by atoms with E-state index in [4.69, 9.17) is 28.2 Å². The Morgan fingerprint density at radius 1 is 1.10 bits per heavy atom. The zero-order chi connectivity index (χ0) is 27.4. The minimum absolute atomic E-state index is 0.121. The van der Waals surface area contributed by atoms with Crippen molar-refractivity contribution in [1.82, 2.24) is 19.9 Å². The predicted octanol–water partition coefficient (Wildman–Crippen LogP) is 5.39. The summed E-state index contributed by atoms with van der Waals surface area (Å²) in [4.78, 5) is 36.2. The molecule has 39 heavy (non-hydrogen) atoms. The molecular formula is C28H27Cl2N5O3S. The van der Waals surface area contributed by atoms with Gasteiger partial charge < -0.3 is 19.9 Å². The van der Waals surface area contributed by atoms with Crippen LogP contribution in [0.3, 0.4) is 0 Å². The van der Waals surface area contributed by atoms with Crippen molar-refractivity contribution in [1.29, 1.82) is 0 Å². The SMILES string of the molecule is O=C(NC(Cc1cn(Cc2ccccc2)cn1)C(=O)O)C1CCN(c2nc(-c3cccc(Cl)c3Cl)cs2)CC1. The third kappa shape index (κ3) is 6.61. The summed E-state index contributed by atoms with van der Waals surface area (Å²) in [6, 6.07) is 14.4. The van der Waals surface area contributed by atoms with Gasteiger partial charge in [-0.3, -0.25) is 4.79 Å². The lowest BCUT2D eigenvalue weighted by Crippen LogP contribution is -2.47. The van der Waals surface area contributed by atoms with Crippen LogP contribution in [0.5, 0.6) is 0 Å². The van der Waals surface area contributed by atoms with Crippen molar-refractivity contribution in [3.05, 3.63) is 87.7 Å². The van der Waals surface area contributed by atoms with Crippen molar-refractivity contribution in [3.8, 4) is 11.3 Å². The van der Waals surface area contributed by atoms with Crippen LogP contribution in [-0.4, -0.2) is 50.6 Å². The third-order valence-corrected chi connectivity index (χ3v) is 8.50. The molecule has 4 aromatic rings. The fourth-order valence-corrected chi connectivity index (χ4v) is 5.94. The Morgan fingerprint density at radius 3 is 2.62 bits per heavy atom. The normalized spacial score (nSPS) is 14.8. The van der Waals surface area contributed by atoms with Crippen molar-refractivity contribution in [2.45, 2.75) is 31.8 Å². The van der Waals surface area contributed by atoms with E-state index in [-0.39, 0.29) is 18.2 Å². The number of hydrogen-bond acceptors (Lipinski definition) is 6. The Kier molecular flexibility index (Phi) is 8.50. The highest BCUT2D eigenvalue weighted by Crippen LogP contribution is 2.36. The number of amides is 1. The van der Waals surface area contributed by atoms with Crippen LogP contribution in [0, 0.1) is 5.92 Å². The molecule has 11 heteroatoms. The molecule has 0 bridgehead atoms. The monoisotopic (exact) mass is 583 g/mol. The smallest absolute Gasteiger partial charge is 0.326 e. The van der Waals surface area contributed by atoms with Gasteiger partial charge in [0.1, 0.15) is 6.04 Å². The minimum Gasteiger partial charge on any atom is -0.480 e. The number of aliphatic carboxylic acids is 1. The number of carboxylic acid groups (broad SMARTS) is 1. The number of imidazole rings is 1. The summed E-state index contributed by atoms with van der Waals surface area (Å²) in [5.41, 5.74) is 3.29. The Morgan fingerprint density at radius 2 is 1.87 bits per heavy atom. The number of hydrogen-bond donors (Lipinski definition) is 2. The van der Waals surface area contributed by atoms with Crippen LogP contribution in [0.25, 0.3) is 11.3 Å². The molecule has 1 fully saturated rings. The van der Waals surface area contributed by atoms with Crippen molar-refractivity contribution in [3.63, 3.8) is 0 Å². The molecule has 1 aliphatic rings. The molecule has 5 rings (SSSR count). The zero-order valence-corrected chi connectivity index (χ0v) is 23.3. The van der Waals surface area contributed by atoms with E-state index in [0.29, 0.717) is 48.2 Å². The van der Waals surface area contributed by atoms with Crippen molar-refractivity contribution < 1.29 is 14.7 Å². The van der Waals surface area contributed by atoms with Gasteiger partial charge in [-0.1, -0.05) is 65.7 Å². The molecule has 2 aromatic carbocycles. The average Bonchev–Trinajstić information content (AvgIpc) is 3.60. The van der Waals surface area contributed by atoms with Crippen molar-refractivity contribution >= 4 is 51.5 Å². The van der Waals surface area contributed by atoms with Gasteiger partial charge in [-0.2, -0.15) is 0 Å². The van der Waals surface area contributed by atoms with E-state index < -0.39 is 12.0 Å². The lowest BCUT2D eigenvalue weighted by atomic mass is 9.95. The van der Waals surface area contributed by atoms with Crippen molar-refractivity contribution in [2.75, 3.05) is 18.0 Å². The Bertz CT molecular complexity index is 1450. The first-order valence-corrected chi connectivity index (χ1v) is 14.2. The van der Waals surface area contributed by atoms with Gasteiger partial charge in [0.15, 0.2) is 5.13 Å². The highest BCUT2D eigenvalue weighted by atomic mass is 35.5. The maximum atomic E-state index is 13.0. The lowest BCUT2D eigenvalue weighted by molar-refractivity contribution is -0.142. The number of carbonyl (C=O) groups is 2. The van der Waals surface area contributed by atoms with Crippen LogP contribution in [-0.2, 0) is 22.6 Å². The first-order valence-electron chi connectivity index (χ1n) is 12.6. The molecule has 0 aliphatic carbocycles. The van der Waals surface area contributed by atoms with Crippen LogP contribution in [0.4, 0.5) is 5.13 Å². The first kappa shape index (κ1) is 27.2. The summed E-state index contributed by atoms with van der Waals surface area (Å²) in [6.45, 7) is 1.94. The van der Waals surface area contributed by atoms with Crippen LogP contribution < -0.4 is 10.2 Å². The van der Waals surface area contributed by atoms with Crippen molar-refractivity contribution in [2.24, 2.45) is 5.92 Å². The number of piperidine rings is 1. The van der Waals surface area contributed by atoms with E-state index in [1.54, 1.807) is 12.4 Å². The second kappa shape index (κ2) is 12.2. The van der Waals surface area contributed by atoms with E-state index >= 15 is 0 Å². The number of nitrogens with one attached hydrogen (secondary N) is 1. The van der Waals surface area contributed by atoms with Crippen LogP contribution in [0.15, 0.2) is 66.4 Å². The maximum absolute atomic E-state index is 13.0. The molecule has 0 spiro atoms. The van der Waals surface area contributed by atoms with E-state index in [9.17, 15) is 14.7 Å². The standard InChI is InChI=1S/C28H27Cl2N5O3S/c29-22-8-4-7-21(25(22)30)24-16-39-28(33-24)35-11-9-19(10-12-35)26(36)32-23(27(37)38)13-20-15-34(17-31-20)14-18-5-2-1-3-6-18/h1-8,15-17,19,23H,9-14H2,(H,32,36)(H,37,38). The average molecular weight is 585 g/mol. The Labute approximate surface area is 240 Å². The topological polar surface area (TPSA) is 100 Å². The summed E-state index contributed by atoms with van der Waals surface area (Å²) >= 11 is 14.0. The van der Waals surface area contributed by atoms with Crippen LogP contribution in [0.2, 0.25) is 10.0 Å². The molecule has 1 atom stereocenters. The van der Waals surface area contributed by atoms with Gasteiger partial charge in [-0.05, 0) is 24.5 Å². The fraction of sp³-hybridized carbons (Fsp3) is 0.286. The second-order valence-electron chi connectivity index (χ2n) is 9.50. The molecule has 202 valence electrons. The molecule has 0 saturated carbocycles. The van der Waals surface area contributed by atoms with Gasteiger partial charge in [0.2, 0.25) is 5.91 Å². The third-order valence-electron chi connectivity index (χ3n) is 6.78. The molecule has 8 nitrogen and oxygen atoms in total. The highest BCUT2D eigenvalue weighted by Gasteiger charge is 2.30. The zero-order valence-electron chi connectivity index (χ0n) is 21.0. The first-order chi connectivity index (χ1) is 18.9. The van der Waals surface area contributed by atoms with Gasteiger partial charge in [0, 0.05) is 49.1 Å². The second-order valence-corrected chi connectivity index (χ2v) is 11.1. The van der Waals surface area contributed by atoms with Gasteiger partial charge in [0.05, 0.1) is 27.8 Å². The summed E-state index contributed by atoms with van der Waals surface area (Å²) < 4.78 is 1.91. The number of aromatic nitrogens is 3. The van der Waals surface area contributed by atoms with Gasteiger partial charge in [0.25, 0.3) is 0 Å². The fourth-order valence-electron chi connectivity index (χ4n) is 4.66. The molecule has 3 heterocycles. The van der Waals surface area contributed by atoms with Gasteiger partial charge in [-0.25, -0.2) is 14.8 Å². The number of nitrogens with zero attached hydrogens (tertiary/aromatic N) is 4. The quantitative estimate of drug-likeness (QED) is 0.274. The van der Waals surface area contributed by atoms with Crippen LogP contribution in [0.1, 0.15) is 24.1 Å². The van der Waals surface area contributed by atoms with Gasteiger partial charge >= 0.3 is 5.97 Å². The predicted molar refractivity (Wildman–Crippen MR) is 154 cm³/mol. The summed E-state index contributed by atoms with van der Waals surface area (Å²) in [7, 11) is 0. The maximum Gasteiger partial charge on any atom is 0.326 e. The highest BCUT2D eigenvalue weighted by molar-refractivity contribution is 7.14. The number of anilines is 1. The minimum atomic E-state index is -1.08. The number of benzene rings is 2. The molecule has 0 radical (unpaired) electrons. The Balaban J connectivity index is 1.15. The number of rotatable bonds is 9. The molecule has 1 saturated heterocycles. The van der Waals surface area contributed by atoms with E-state index in [2.05, 4.69) is 15.2 Å². The van der Waals surface area contributed by atoms with E-state index in [1.165, 1.54) is 11.3 Å². The molecular weight excluding hydrogens is 557 g/mol. The molecule has 1 aliphatic heterocycles. The van der Waals surface area contributed by atoms with E-state index in [0.717, 1.165) is 22.0 Å². The molecule has 2 N–H and O–H groups in total. The summed E-state index contributed by atoms with van der Waals surface area (Å²) in [6.07, 6.45) is 4.85. The summed E-state index contributed by atoms with van der Waals surface area (Å²) in [5.74, 6) is -1.58. The van der Waals surface area contributed by atoms with Gasteiger partial charge in [-0.15, -0.1) is 11.3 Å². The number of carboxylic acids is 1. The molecule has 2 aromatic heterocycles. The number of thiazole rings is 1. The van der Waals surface area contributed by atoms with Crippen LogP contribution >= 0.6 is 34.5 Å². The molecule has 1 amide bonds.